The van der Waals surface area contributed by atoms with Gasteiger partial charge in [-0.3, -0.25) is 4.37 Å². The summed E-state index contributed by atoms with van der Waals surface area (Å²) in [6.07, 6.45) is 0. The predicted molar refractivity (Wildman–Crippen MR) is 31.0 cm³/mol. The van der Waals surface area contributed by atoms with E-state index in [9.17, 15) is 0 Å². The first kappa shape index (κ1) is 9.21. The zero-order valence-electron chi connectivity index (χ0n) is 4.11. The molecule has 5 heteroatoms. The van der Waals surface area contributed by atoms with E-state index in [1.165, 1.54) is 0 Å². The molecule has 0 saturated carbocycles. The van der Waals surface area contributed by atoms with E-state index in [-0.39, 0.29) is 29.6 Å². The first-order chi connectivity index (χ1) is 3.30. The van der Waals surface area contributed by atoms with Gasteiger partial charge in [-0.25, -0.2) is 0 Å². The Hall–Kier alpha value is 1.21. The number of hydrogen-bond donors (Lipinski definition) is 0. The van der Waals surface area contributed by atoms with Crippen molar-refractivity contribution in [3.05, 3.63) is 15.6 Å². The summed E-state index contributed by atoms with van der Waals surface area (Å²) in [6, 6.07) is 0. The largest absolute Gasteiger partial charge is 1.00 e. The van der Waals surface area contributed by atoms with Gasteiger partial charge < -0.3 is 0 Å². The summed E-state index contributed by atoms with van der Waals surface area (Å²) in [4.78, 5) is 0. The second-order valence-corrected chi connectivity index (χ2v) is 2.19. The summed E-state index contributed by atoms with van der Waals surface area (Å²) in [7, 11) is 0. The van der Waals surface area contributed by atoms with Gasteiger partial charge in [0.1, 0.15) is 0 Å². The Morgan fingerprint density at radius 1 is 1.50 bits per heavy atom. The Balaban J connectivity index is 0.000000490. The first-order valence-corrected chi connectivity index (χ1v) is 3.02. The van der Waals surface area contributed by atoms with Crippen molar-refractivity contribution >= 4 is 34.7 Å². The number of aromatic nitrogens is 1. The Labute approximate surface area is 83.5 Å². The van der Waals surface area contributed by atoms with Crippen LogP contribution in [0.25, 0.3) is 0 Å². The topological polar surface area (TPSA) is 12.9 Å². The average molecular weight is 176 g/mol. The molecule has 0 aliphatic carbocycles. The molecule has 1 heterocycles. The van der Waals surface area contributed by atoms with Crippen molar-refractivity contribution in [1.29, 1.82) is 0 Å². The van der Waals surface area contributed by atoms with Gasteiger partial charge in [0.15, 0.2) is 0 Å². The predicted octanol–water partition coefficient (Wildman–Crippen LogP) is -0.746. The van der Waals surface area contributed by atoms with Crippen LogP contribution >= 0.6 is 34.7 Å². The molecule has 1 nitrogen and oxygen atoms in total. The molecule has 0 aromatic carbocycles. The quantitative estimate of drug-likeness (QED) is 0.374. The van der Waals surface area contributed by atoms with Crippen LogP contribution < -0.4 is 29.6 Å². The van der Waals surface area contributed by atoms with Crippen molar-refractivity contribution < 1.29 is 29.6 Å². The van der Waals surface area contributed by atoms with Crippen molar-refractivity contribution in [2.45, 2.75) is 0 Å². The maximum atomic E-state index is 5.38. The minimum atomic E-state index is 0. The number of hydrogen-bond acceptors (Lipinski definition) is 2. The Morgan fingerprint density at radius 3 is 2.25 bits per heavy atom. The van der Waals surface area contributed by atoms with Gasteiger partial charge in [-0.1, -0.05) is 5.02 Å². The molecule has 0 saturated heterocycles. The third kappa shape index (κ3) is 2.21. The van der Waals surface area contributed by atoms with E-state index >= 15 is 0 Å². The molecule has 0 aliphatic rings. The fourth-order valence-electron chi connectivity index (χ4n) is 0.185. The molecule has 1 aromatic heterocycles. The van der Waals surface area contributed by atoms with Gasteiger partial charge in [0, 0.05) is 5.15 Å². The van der Waals surface area contributed by atoms with Crippen molar-refractivity contribution in [3.8, 4) is 0 Å². The summed E-state index contributed by atoms with van der Waals surface area (Å²) in [5.41, 5.74) is 0. The molecule has 1 aromatic rings. The maximum Gasteiger partial charge on any atom is 1.00 e. The molecule has 1 rings (SSSR count). The summed E-state index contributed by atoms with van der Waals surface area (Å²) in [6.45, 7) is 0. The minimum Gasteiger partial charge on any atom is -0.296 e. The molecule has 0 bridgehead atoms. The fraction of sp³-hybridized carbons (Fsp3) is 0. The van der Waals surface area contributed by atoms with E-state index in [0.717, 1.165) is 11.5 Å². The standard InChI is InChI=1S/C3Cl2NS.Na/c4-2-1-7-6-3(2)5;/q-1;+1. The van der Waals surface area contributed by atoms with Crippen LogP contribution in [0.3, 0.4) is 0 Å². The van der Waals surface area contributed by atoms with Crippen LogP contribution in [0.4, 0.5) is 0 Å². The van der Waals surface area contributed by atoms with Gasteiger partial charge in [0.05, 0.1) is 0 Å². The normalized spacial score (nSPS) is 8.25. The van der Waals surface area contributed by atoms with E-state index in [0.29, 0.717) is 10.2 Å². The van der Waals surface area contributed by atoms with Crippen molar-refractivity contribution in [2.75, 3.05) is 0 Å². The molecule has 0 aliphatic heterocycles. The van der Waals surface area contributed by atoms with Gasteiger partial charge >= 0.3 is 29.6 Å². The molecule has 0 unspecified atom stereocenters. The van der Waals surface area contributed by atoms with Crippen LogP contribution in [0.15, 0.2) is 0 Å². The molecular formula is C3Cl2NNaS. The van der Waals surface area contributed by atoms with E-state index in [2.05, 4.69) is 9.75 Å². The minimum absolute atomic E-state index is 0. The third-order valence-corrected chi connectivity index (χ3v) is 1.87. The summed E-state index contributed by atoms with van der Waals surface area (Å²) in [5.74, 6) is 0. The maximum absolute atomic E-state index is 5.38. The summed E-state index contributed by atoms with van der Waals surface area (Å²) >= 11 is 11.9. The van der Waals surface area contributed by atoms with Gasteiger partial charge in [-0.2, -0.15) is 23.1 Å². The van der Waals surface area contributed by atoms with E-state index in [1.807, 2.05) is 0 Å². The van der Waals surface area contributed by atoms with Crippen LogP contribution in [0.5, 0.6) is 0 Å². The van der Waals surface area contributed by atoms with Crippen LogP contribution in [0.1, 0.15) is 0 Å². The molecular weight excluding hydrogens is 176 g/mol. The van der Waals surface area contributed by atoms with E-state index in [1.54, 1.807) is 0 Å². The Bertz CT molecular complexity index is 150. The fourth-order valence-corrected chi connectivity index (χ4v) is 0.982. The summed E-state index contributed by atoms with van der Waals surface area (Å²) < 4.78 is 3.64. The SMILES string of the molecule is Clc1[c-]snc1Cl.[Na+]. The Morgan fingerprint density at radius 2 is 2.12 bits per heavy atom. The Kier molecular flexibility index (Phi) is 4.71. The first-order valence-electron chi connectivity index (χ1n) is 1.49. The van der Waals surface area contributed by atoms with Crippen molar-refractivity contribution in [1.82, 2.24) is 4.37 Å². The van der Waals surface area contributed by atoms with E-state index in [4.69, 9.17) is 23.2 Å². The van der Waals surface area contributed by atoms with Crippen LogP contribution in [-0.4, -0.2) is 4.37 Å². The van der Waals surface area contributed by atoms with Crippen molar-refractivity contribution in [2.24, 2.45) is 0 Å². The molecule has 0 atom stereocenters. The molecule has 0 radical (unpaired) electrons. The molecule has 0 fully saturated rings. The van der Waals surface area contributed by atoms with Crippen LogP contribution in [0, 0.1) is 5.38 Å². The van der Waals surface area contributed by atoms with E-state index < -0.39 is 0 Å². The van der Waals surface area contributed by atoms with Gasteiger partial charge in [0.25, 0.3) is 0 Å². The number of halogens is 2. The van der Waals surface area contributed by atoms with Gasteiger partial charge in [0.2, 0.25) is 0 Å². The second-order valence-electron chi connectivity index (χ2n) is 0.889. The zero-order chi connectivity index (χ0) is 5.28. The second kappa shape index (κ2) is 4.09. The third-order valence-electron chi connectivity index (χ3n) is 0.442. The number of rotatable bonds is 0. The molecule has 0 spiro atoms. The molecule has 8 heavy (non-hydrogen) atoms. The monoisotopic (exact) mass is 175 g/mol. The molecule has 0 N–H and O–H groups in total. The van der Waals surface area contributed by atoms with Gasteiger partial charge in [-0.15, -0.1) is 17.0 Å². The van der Waals surface area contributed by atoms with Crippen LogP contribution in [0.2, 0.25) is 10.2 Å². The van der Waals surface area contributed by atoms with Crippen molar-refractivity contribution in [3.63, 3.8) is 0 Å². The smallest absolute Gasteiger partial charge is 0.296 e. The molecule has 0 amide bonds. The molecule has 38 valence electrons. The number of nitrogens with zero attached hydrogens (tertiary/aromatic N) is 1. The zero-order valence-corrected chi connectivity index (χ0v) is 8.44. The average Bonchev–Trinajstić information content (AvgIpc) is 1.91. The van der Waals surface area contributed by atoms with Gasteiger partial charge in [-0.05, 0) is 0 Å². The van der Waals surface area contributed by atoms with Crippen LogP contribution in [-0.2, 0) is 0 Å². The summed E-state index contributed by atoms with van der Waals surface area (Å²) in [5, 5.41) is 3.38.